The molecule has 0 radical (unpaired) electrons. The van der Waals surface area contributed by atoms with Crippen molar-refractivity contribution in [3.05, 3.63) is 78.4 Å². The van der Waals surface area contributed by atoms with Gasteiger partial charge in [-0.05, 0) is 43.2 Å². The van der Waals surface area contributed by atoms with Gasteiger partial charge in [0.15, 0.2) is 5.82 Å². The second kappa shape index (κ2) is 12.4. The average Bonchev–Trinajstić information content (AvgIpc) is 2.93. The van der Waals surface area contributed by atoms with E-state index in [1.54, 1.807) is 57.4 Å². The molecule has 0 spiro atoms. The van der Waals surface area contributed by atoms with Gasteiger partial charge in [0.05, 0.1) is 22.6 Å². The standard InChI is InChI=1S/C29H35FN6O5S/c1-28(2,3)29(19-24(37)38,35-42(40,41)21-9-5-4-6-10-21)34-26(39)22-11-7-12-23(25(22)30)36-17-13-20(14-18-36)33-27-31-15-8-16-32-27/h4-12,15-16,20,35H,13-14,17-19H2,1-3H3,(H,34,39)(H,37,38)(H,31,32,33). The van der Waals surface area contributed by atoms with Crippen molar-refractivity contribution in [1.82, 2.24) is 20.0 Å². The second-order valence-corrected chi connectivity index (χ2v) is 12.9. The third-order valence-electron chi connectivity index (χ3n) is 7.34. The number of piperidine rings is 1. The predicted molar refractivity (Wildman–Crippen MR) is 156 cm³/mol. The number of carbonyl (C=O) groups is 2. The van der Waals surface area contributed by atoms with Crippen molar-refractivity contribution in [2.45, 2.75) is 56.6 Å². The Bertz CT molecular complexity index is 1510. The molecule has 42 heavy (non-hydrogen) atoms. The van der Waals surface area contributed by atoms with E-state index in [9.17, 15) is 23.1 Å². The summed E-state index contributed by atoms with van der Waals surface area (Å²) in [5.74, 6) is -2.56. The molecule has 224 valence electrons. The molecule has 1 amide bonds. The molecule has 1 atom stereocenters. The summed E-state index contributed by atoms with van der Waals surface area (Å²) in [6.45, 7) is 5.79. The number of sulfonamides is 1. The zero-order valence-corrected chi connectivity index (χ0v) is 24.5. The Balaban J connectivity index is 1.58. The SMILES string of the molecule is CC(C)(C)C(CC(=O)O)(NC(=O)c1cccc(N2CCC(Nc3ncccn3)CC2)c1F)NS(=O)(=O)c1ccccc1. The molecular weight excluding hydrogens is 563 g/mol. The molecule has 0 aliphatic carbocycles. The van der Waals surface area contributed by atoms with Crippen molar-refractivity contribution in [3.8, 4) is 0 Å². The number of aromatic nitrogens is 2. The third kappa shape index (κ3) is 7.02. The van der Waals surface area contributed by atoms with Crippen molar-refractivity contribution in [2.75, 3.05) is 23.3 Å². The van der Waals surface area contributed by atoms with Crippen LogP contribution in [0.5, 0.6) is 0 Å². The number of nitrogens with one attached hydrogen (secondary N) is 3. The number of benzene rings is 2. The van der Waals surface area contributed by atoms with E-state index < -0.39 is 45.2 Å². The highest BCUT2D eigenvalue weighted by molar-refractivity contribution is 7.89. The van der Waals surface area contributed by atoms with Gasteiger partial charge in [-0.15, -0.1) is 0 Å². The molecule has 1 aromatic heterocycles. The van der Waals surface area contributed by atoms with Gasteiger partial charge in [-0.3, -0.25) is 9.59 Å². The van der Waals surface area contributed by atoms with Gasteiger partial charge in [0, 0.05) is 36.9 Å². The van der Waals surface area contributed by atoms with Gasteiger partial charge in [0.2, 0.25) is 16.0 Å². The first-order valence-electron chi connectivity index (χ1n) is 13.5. The number of amides is 1. The largest absolute Gasteiger partial charge is 0.481 e. The quantitative estimate of drug-likeness (QED) is 0.256. The number of carboxylic acids is 1. The average molecular weight is 599 g/mol. The van der Waals surface area contributed by atoms with E-state index in [2.05, 4.69) is 25.3 Å². The Morgan fingerprint density at radius 2 is 1.64 bits per heavy atom. The third-order valence-corrected chi connectivity index (χ3v) is 8.85. The molecule has 1 saturated heterocycles. The van der Waals surface area contributed by atoms with E-state index >= 15 is 4.39 Å². The van der Waals surface area contributed by atoms with E-state index in [1.807, 2.05) is 4.90 Å². The zero-order chi connectivity index (χ0) is 30.5. The molecule has 11 nitrogen and oxygen atoms in total. The van der Waals surface area contributed by atoms with E-state index in [0.29, 0.717) is 31.9 Å². The fourth-order valence-electron chi connectivity index (χ4n) is 4.85. The molecule has 1 aliphatic rings. The Labute approximate surface area is 244 Å². The molecule has 1 aliphatic heterocycles. The van der Waals surface area contributed by atoms with Crippen LogP contribution in [0.25, 0.3) is 0 Å². The predicted octanol–water partition coefficient (Wildman–Crippen LogP) is 3.62. The number of carbonyl (C=O) groups excluding carboxylic acids is 1. The van der Waals surface area contributed by atoms with Gasteiger partial charge in [0.1, 0.15) is 5.66 Å². The Morgan fingerprint density at radius 3 is 2.24 bits per heavy atom. The number of halogens is 1. The first-order chi connectivity index (χ1) is 19.8. The van der Waals surface area contributed by atoms with Crippen LogP contribution in [0.15, 0.2) is 71.9 Å². The molecular formula is C29H35FN6O5S. The highest BCUT2D eigenvalue weighted by Gasteiger charge is 2.48. The molecule has 4 N–H and O–H groups in total. The summed E-state index contributed by atoms with van der Waals surface area (Å²) < 4.78 is 45.0. The lowest BCUT2D eigenvalue weighted by atomic mass is 9.78. The van der Waals surface area contributed by atoms with E-state index in [4.69, 9.17) is 0 Å². The van der Waals surface area contributed by atoms with Crippen molar-refractivity contribution >= 4 is 33.5 Å². The van der Waals surface area contributed by atoms with Crippen LogP contribution in [0.4, 0.5) is 16.0 Å². The summed E-state index contributed by atoms with van der Waals surface area (Å²) in [4.78, 5) is 35.7. The van der Waals surface area contributed by atoms with Crippen LogP contribution in [0.1, 0.15) is 50.4 Å². The number of anilines is 2. The maximum Gasteiger partial charge on any atom is 0.307 e. The van der Waals surface area contributed by atoms with Crippen LogP contribution in [0.3, 0.4) is 0 Å². The molecule has 13 heteroatoms. The molecule has 2 aromatic carbocycles. The first-order valence-corrected chi connectivity index (χ1v) is 15.0. The van der Waals surface area contributed by atoms with E-state index in [1.165, 1.54) is 30.3 Å². The van der Waals surface area contributed by atoms with Crippen LogP contribution in [0, 0.1) is 11.2 Å². The lowest BCUT2D eigenvalue weighted by molar-refractivity contribution is -0.140. The Morgan fingerprint density at radius 1 is 1.00 bits per heavy atom. The van der Waals surface area contributed by atoms with Gasteiger partial charge in [0.25, 0.3) is 5.91 Å². The Hall–Kier alpha value is -4.10. The fourth-order valence-corrected chi connectivity index (χ4v) is 6.37. The smallest absolute Gasteiger partial charge is 0.307 e. The molecule has 4 rings (SSSR count). The summed E-state index contributed by atoms with van der Waals surface area (Å²) >= 11 is 0. The number of aliphatic carboxylic acids is 1. The molecule has 1 unspecified atom stereocenters. The molecule has 3 aromatic rings. The molecule has 2 heterocycles. The number of rotatable bonds is 10. The topological polar surface area (TPSA) is 154 Å². The monoisotopic (exact) mass is 598 g/mol. The highest BCUT2D eigenvalue weighted by Crippen LogP contribution is 2.34. The summed E-state index contributed by atoms with van der Waals surface area (Å²) in [6.07, 6.45) is 3.87. The number of carboxylic acid groups (broad SMARTS) is 1. The minimum atomic E-state index is -4.28. The van der Waals surface area contributed by atoms with Gasteiger partial charge in [-0.1, -0.05) is 45.0 Å². The molecule has 0 bridgehead atoms. The minimum Gasteiger partial charge on any atom is -0.481 e. The van der Waals surface area contributed by atoms with E-state index in [0.717, 1.165) is 0 Å². The fraction of sp³-hybridized carbons (Fsp3) is 0.379. The highest BCUT2D eigenvalue weighted by atomic mass is 32.2. The lowest BCUT2D eigenvalue weighted by Gasteiger charge is -2.44. The second-order valence-electron chi connectivity index (χ2n) is 11.2. The maximum atomic E-state index is 15.9. The Kier molecular flexibility index (Phi) is 9.12. The summed E-state index contributed by atoms with van der Waals surface area (Å²) in [5, 5.41) is 15.6. The van der Waals surface area contributed by atoms with Crippen LogP contribution >= 0.6 is 0 Å². The van der Waals surface area contributed by atoms with E-state index in [-0.39, 0.29) is 22.2 Å². The summed E-state index contributed by atoms with van der Waals surface area (Å²) in [5.41, 5.74) is -3.25. The molecule has 1 fully saturated rings. The number of hydrogen-bond donors (Lipinski definition) is 4. The van der Waals surface area contributed by atoms with Crippen molar-refractivity contribution in [3.63, 3.8) is 0 Å². The maximum absolute atomic E-state index is 15.9. The summed E-state index contributed by atoms with van der Waals surface area (Å²) in [6, 6.07) is 13.6. The van der Waals surface area contributed by atoms with Gasteiger partial charge < -0.3 is 20.6 Å². The summed E-state index contributed by atoms with van der Waals surface area (Å²) in [7, 11) is -4.28. The van der Waals surface area contributed by atoms with Gasteiger partial charge >= 0.3 is 5.97 Å². The van der Waals surface area contributed by atoms with Crippen LogP contribution < -0.4 is 20.3 Å². The van der Waals surface area contributed by atoms with Crippen molar-refractivity contribution < 1.29 is 27.5 Å². The number of nitrogens with zero attached hydrogens (tertiary/aromatic N) is 3. The van der Waals surface area contributed by atoms with Crippen LogP contribution in [0.2, 0.25) is 0 Å². The van der Waals surface area contributed by atoms with Crippen LogP contribution in [-0.2, 0) is 14.8 Å². The van der Waals surface area contributed by atoms with Crippen LogP contribution in [-0.4, -0.2) is 60.2 Å². The minimum absolute atomic E-state index is 0.0965. The lowest BCUT2D eigenvalue weighted by Crippen LogP contribution is -2.68. The molecule has 0 saturated carbocycles. The van der Waals surface area contributed by atoms with Crippen molar-refractivity contribution in [2.24, 2.45) is 5.41 Å². The zero-order valence-electron chi connectivity index (χ0n) is 23.7. The van der Waals surface area contributed by atoms with Gasteiger partial charge in [-0.25, -0.2) is 22.8 Å². The van der Waals surface area contributed by atoms with Gasteiger partial charge in [-0.2, -0.15) is 4.72 Å². The number of hydrogen-bond acceptors (Lipinski definition) is 8. The van der Waals surface area contributed by atoms with Crippen molar-refractivity contribution in [1.29, 1.82) is 0 Å². The normalized spacial score (nSPS) is 16.0. The first kappa shape index (κ1) is 30.8.